The van der Waals surface area contributed by atoms with Crippen LogP contribution in [0.3, 0.4) is 0 Å². The second kappa shape index (κ2) is 6.47. The number of hydrogen-bond acceptors (Lipinski definition) is 4. The third-order valence-corrected chi connectivity index (χ3v) is 4.54. The molecule has 0 saturated heterocycles. The molecule has 2 rings (SSSR count). The fourth-order valence-electron chi connectivity index (χ4n) is 1.98. The highest BCUT2D eigenvalue weighted by Crippen LogP contribution is 2.22. The lowest BCUT2D eigenvalue weighted by atomic mass is 10.1. The van der Waals surface area contributed by atoms with Gasteiger partial charge in [0, 0.05) is 5.02 Å². The molecule has 0 unspecified atom stereocenters. The number of fused-ring (bicyclic) bond motifs is 1. The van der Waals surface area contributed by atoms with E-state index in [1.807, 2.05) is 0 Å². The van der Waals surface area contributed by atoms with Crippen LogP contribution in [0.15, 0.2) is 41.3 Å². The number of sulfonamides is 1. The van der Waals surface area contributed by atoms with Crippen LogP contribution in [0, 0.1) is 0 Å². The molecule has 0 saturated carbocycles. The third-order valence-electron chi connectivity index (χ3n) is 2.91. The highest BCUT2D eigenvalue weighted by atomic mass is 35.5. The Balaban J connectivity index is 2.16. The number of halogens is 1. The summed E-state index contributed by atoms with van der Waals surface area (Å²) in [4.78, 5) is 11.7. The van der Waals surface area contributed by atoms with Crippen molar-refractivity contribution in [1.29, 1.82) is 0 Å². The number of carbonyl (C=O) groups excluding carboxylic acids is 1. The Kier molecular flexibility index (Phi) is 4.98. The molecular formula is C16H18ClNO4S. The van der Waals surface area contributed by atoms with Crippen LogP contribution >= 0.6 is 11.6 Å². The van der Waals surface area contributed by atoms with E-state index in [0.29, 0.717) is 5.02 Å². The number of rotatable bonds is 4. The summed E-state index contributed by atoms with van der Waals surface area (Å²) in [7, 11) is -3.80. The van der Waals surface area contributed by atoms with Crippen molar-refractivity contribution in [3.63, 3.8) is 0 Å². The largest absolute Gasteiger partial charge is 0.459 e. The number of carbonyl (C=O) groups is 1. The Hall–Kier alpha value is -1.63. The summed E-state index contributed by atoms with van der Waals surface area (Å²) < 4.78 is 31.9. The second-order valence-corrected chi connectivity index (χ2v) is 8.27. The van der Waals surface area contributed by atoms with Crippen molar-refractivity contribution < 1.29 is 17.9 Å². The van der Waals surface area contributed by atoms with Crippen molar-refractivity contribution in [2.24, 2.45) is 0 Å². The molecule has 2 aromatic carbocycles. The van der Waals surface area contributed by atoms with Crippen molar-refractivity contribution in [3.05, 3.63) is 41.4 Å². The average molecular weight is 356 g/mol. The van der Waals surface area contributed by atoms with Gasteiger partial charge in [-0.1, -0.05) is 23.7 Å². The van der Waals surface area contributed by atoms with Crippen LogP contribution in [0.1, 0.15) is 20.8 Å². The Labute approximate surface area is 140 Å². The molecule has 0 fully saturated rings. The molecule has 0 spiro atoms. The fourth-order valence-corrected chi connectivity index (χ4v) is 3.16. The summed E-state index contributed by atoms with van der Waals surface area (Å²) in [5.41, 5.74) is -0.662. The van der Waals surface area contributed by atoms with Crippen molar-refractivity contribution in [2.45, 2.75) is 31.3 Å². The van der Waals surface area contributed by atoms with Gasteiger partial charge < -0.3 is 4.74 Å². The van der Waals surface area contributed by atoms with Gasteiger partial charge in [-0.05, 0) is 55.8 Å². The Bertz CT molecular complexity index is 841. The highest BCUT2D eigenvalue weighted by Gasteiger charge is 2.20. The Morgan fingerprint density at radius 1 is 1.13 bits per heavy atom. The van der Waals surface area contributed by atoms with E-state index >= 15 is 0 Å². The number of nitrogens with one attached hydrogen (secondary N) is 1. The maximum Gasteiger partial charge on any atom is 0.321 e. The zero-order valence-electron chi connectivity index (χ0n) is 13.1. The lowest BCUT2D eigenvalue weighted by Crippen LogP contribution is -2.34. The van der Waals surface area contributed by atoms with Gasteiger partial charge in [0.05, 0.1) is 4.90 Å². The van der Waals surface area contributed by atoms with Gasteiger partial charge in [0.1, 0.15) is 12.1 Å². The van der Waals surface area contributed by atoms with Crippen LogP contribution in [0.25, 0.3) is 10.8 Å². The normalized spacial score (nSPS) is 12.3. The van der Waals surface area contributed by atoms with Gasteiger partial charge in [-0.2, -0.15) is 4.72 Å². The Morgan fingerprint density at radius 2 is 1.74 bits per heavy atom. The van der Waals surface area contributed by atoms with Gasteiger partial charge >= 0.3 is 5.97 Å². The molecule has 7 heteroatoms. The second-order valence-electron chi connectivity index (χ2n) is 6.06. The minimum absolute atomic E-state index is 0.0795. The summed E-state index contributed by atoms with van der Waals surface area (Å²) in [5, 5.41) is 2.16. The highest BCUT2D eigenvalue weighted by molar-refractivity contribution is 7.89. The van der Waals surface area contributed by atoms with Crippen molar-refractivity contribution in [2.75, 3.05) is 6.54 Å². The SMILES string of the molecule is CC(C)(C)OC(=O)CNS(=O)(=O)c1ccc2cc(Cl)ccc2c1. The predicted molar refractivity (Wildman–Crippen MR) is 90.0 cm³/mol. The van der Waals surface area contributed by atoms with E-state index in [2.05, 4.69) is 4.72 Å². The molecule has 0 aliphatic carbocycles. The molecule has 5 nitrogen and oxygen atoms in total. The average Bonchev–Trinajstić information content (AvgIpc) is 2.43. The van der Waals surface area contributed by atoms with Gasteiger partial charge in [0.25, 0.3) is 0 Å². The molecule has 2 aromatic rings. The van der Waals surface area contributed by atoms with E-state index in [1.54, 1.807) is 45.0 Å². The van der Waals surface area contributed by atoms with Crippen LogP contribution in [0.5, 0.6) is 0 Å². The van der Waals surface area contributed by atoms with Crippen LogP contribution in [0.4, 0.5) is 0 Å². The van der Waals surface area contributed by atoms with E-state index in [4.69, 9.17) is 16.3 Å². The number of ether oxygens (including phenoxy) is 1. The van der Waals surface area contributed by atoms with E-state index < -0.39 is 28.1 Å². The zero-order chi connectivity index (χ0) is 17.3. The van der Waals surface area contributed by atoms with E-state index in [9.17, 15) is 13.2 Å². The van der Waals surface area contributed by atoms with Crippen LogP contribution in [-0.2, 0) is 19.6 Å². The van der Waals surface area contributed by atoms with Gasteiger partial charge in [0.15, 0.2) is 0 Å². The van der Waals surface area contributed by atoms with E-state index in [-0.39, 0.29) is 4.90 Å². The van der Waals surface area contributed by atoms with Crippen LogP contribution < -0.4 is 4.72 Å². The first-order valence-electron chi connectivity index (χ1n) is 6.98. The fraction of sp³-hybridized carbons (Fsp3) is 0.312. The molecule has 0 heterocycles. The minimum Gasteiger partial charge on any atom is -0.459 e. The first kappa shape index (κ1) is 17.7. The van der Waals surface area contributed by atoms with Gasteiger partial charge in [-0.15, -0.1) is 0 Å². The van der Waals surface area contributed by atoms with Crippen molar-refractivity contribution >= 4 is 38.4 Å². The molecule has 0 aliphatic rings. The molecule has 0 radical (unpaired) electrons. The van der Waals surface area contributed by atoms with E-state index in [1.165, 1.54) is 12.1 Å². The molecule has 0 amide bonds. The standard InChI is InChI=1S/C16H18ClNO4S/c1-16(2,3)22-15(19)10-18-23(20,21)14-7-5-11-8-13(17)6-4-12(11)9-14/h4-9,18H,10H2,1-3H3. The molecule has 1 N–H and O–H groups in total. The monoisotopic (exact) mass is 355 g/mol. The van der Waals surface area contributed by atoms with E-state index in [0.717, 1.165) is 10.8 Å². The first-order valence-corrected chi connectivity index (χ1v) is 8.84. The van der Waals surface area contributed by atoms with Gasteiger partial charge in [-0.3, -0.25) is 4.79 Å². The molecule has 23 heavy (non-hydrogen) atoms. The summed E-state index contributed by atoms with van der Waals surface area (Å²) >= 11 is 5.90. The molecular weight excluding hydrogens is 338 g/mol. The topological polar surface area (TPSA) is 72.5 Å². The number of esters is 1. The third kappa shape index (κ3) is 4.92. The zero-order valence-corrected chi connectivity index (χ0v) is 14.7. The summed E-state index contributed by atoms with van der Waals surface area (Å²) in [6, 6.07) is 9.85. The lowest BCUT2D eigenvalue weighted by molar-refractivity contribution is -0.153. The molecule has 0 aliphatic heterocycles. The minimum atomic E-state index is -3.80. The summed E-state index contributed by atoms with van der Waals surface area (Å²) in [5.74, 6) is -0.631. The predicted octanol–water partition coefficient (Wildman–Crippen LogP) is 3.11. The first-order chi connectivity index (χ1) is 10.6. The molecule has 124 valence electrons. The quantitative estimate of drug-likeness (QED) is 0.855. The Morgan fingerprint density at radius 3 is 2.39 bits per heavy atom. The van der Waals surface area contributed by atoms with Crippen LogP contribution in [-0.4, -0.2) is 26.5 Å². The summed E-state index contributed by atoms with van der Waals surface area (Å²) in [6.45, 7) is 4.73. The maximum absolute atomic E-state index is 12.3. The number of benzene rings is 2. The van der Waals surface area contributed by atoms with Crippen molar-refractivity contribution in [1.82, 2.24) is 4.72 Å². The summed E-state index contributed by atoms with van der Waals surface area (Å²) in [6.07, 6.45) is 0. The smallest absolute Gasteiger partial charge is 0.321 e. The number of hydrogen-bond donors (Lipinski definition) is 1. The van der Waals surface area contributed by atoms with Crippen LogP contribution in [0.2, 0.25) is 5.02 Å². The van der Waals surface area contributed by atoms with Gasteiger partial charge in [-0.25, -0.2) is 8.42 Å². The molecule has 0 bridgehead atoms. The molecule has 0 atom stereocenters. The van der Waals surface area contributed by atoms with Crippen molar-refractivity contribution in [3.8, 4) is 0 Å². The molecule has 0 aromatic heterocycles. The van der Waals surface area contributed by atoms with Gasteiger partial charge in [0.2, 0.25) is 10.0 Å². The lowest BCUT2D eigenvalue weighted by Gasteiger charge is -2.19. The maximum atomic E-state index is 12.3.